The van der Waals surface area contributed by atoms with E-state index >= 15 is 0 Å². The van der Waals surface area contributed by atoms with Crippen LogP contribution in [0.4, 0.5) is 5.69 Å². The van der Waals surface area contributed by atoms with E-state index in [1.807, 2.05) is 71.0 Å². The van der Waals surface area contributed by atoms with Crippen molar-refractivity contribution in [3.63, 3.8) is 0 Å². The minimum atomic E-state index is -4.07. The maximum atomic E-state index is 14.1. The summed E-state index contributed by atoms with van der Waals surface area (Å²) in [6.45, 7) is 10.1. The van der Waals surface area contributed by atoms with Gasteiger partial charge in [0.25, 0.3) is 10.0 Å². The molecule has 3 rings (SSSR count). The Morgan fingerprint density at radius 1 is 0.875 bits per heavy atom. The molecule has 2 amide bonds. The van der Waals surface area contributed by atoms with Crippen molar-refractivity contribution in [3.8, 4) is 0 Å². The third-order valence-corrected chi connectivity index (χ3v) is 8.73. The van der Waals surface area contributed by atoms with Crippen LogP contribution in [0.5, 0.6) is 0 Å². The molecule has 0 saturated carbocycles. The number of hydrogen-bond acceptors (Lipinski definition) is 4. The van der Waals surface area contributed by atoms with Gasteiger partial charge in [0, 0.05) is 13.1 Å². The van der Waals surface area contributed by atoms with Gasteiger partial charge in [0.05, 0.1) is 10.6 Å². The molecule has 0 heterocycles. The Balaban J connectivity index is 2.00. The van der Waals surface area contributed by atoms with Crippen LogP contribution in [0, 0.1) is 19.8 Å². The first-order chi connectivity index (χ1) is 19.0. The lowest BCUT2D eigenvalue weighted by atomic mass is 10.1. The number of nitrogens with zero attached hydrogens (tertiary/aromatic N) is 2. The number of benzene rings is 3. The molecule has 1 atom stereocenters. The molecule has 0 spiro atoms. The van der Waals surface area contributed by atoms with Gasteiger partial charge in [-0.15, -0.1) is 0 Å². The average Bonchev–Trinajstić information content (AvgIpc) is 2.95. The van der Waals surface area contributed by atoms with Crippen LogP contribution in [-0.2, 0) is 26.0 Å². The highest BCUT2D eigenvalue weighted by Crippen LogP contribution is 2.26. The summed E-state index contributed by atoms with van der Waals surface area (Å²) in [4.78, 5) is 29.0. The third-order valence-electron chi connectivity index (χ3n) is 6.94. The van der Waals surface area contributed by atoms with Gasteiger partial charge in [-0.3, -0.25) is 13.9 Å². The number of amides is 2. The van der Waals surface area contributed by atoms with Gasteiger partial charge in [-0.05, 0) is 73.6 Å². The topological polar surface area (TPSA) is 86.8 Å². The predicted octanol–water partition coefficient (Wildman–Crippen LogP) is 5.12. The van der Waals surface area contributed by atoms with Crippen LogP contribution in [0.25, 0.3) is 0 Å². The fourth-order valence-electron chi connectivity index (χ4n) is 4.45. The van der Waals surface area contributed by atoms with Gasteiger partial charge in [0.15, 0.2) is 0 Å². The summed E-state index contributed by atoms with van der Waals surface area (Å²) < 4.78 is 28.9. The number of nitrogens with one attached hydrogen (secondary N) is 1. The number of anilines is 1. The van der Waals surface area contributed by atoms with E-state index in [0.29, 0.717) is 25.1 Å². The quantitative estimate of drug-likeness (QED) is 0.313. The van der Waals surface area contributed by atoms with Crippen molar-refractivity contribution in [2.45, 2.75) is 58.4 Å². The van der Waals surface area contributed by atoms with Crippen LogP contribution in [0.2, 0.25) is 0 Å². The largest absolute Gasteiger partial charge is 0.354 e. The second-order valence-corrected chi connectivity index (χ2v) is 12.3. The Hall–Kier alpha value is -3.65. The molecule has 0 bridgehead atoms. The van der Waals surface area contributed by atoms with Crippen molar-refractivity contribution in [2.24, 2.45) is 5.92 Å². The zero-order valence-corrected chi connectivity index (χ0v) is 24.9. The lowest BCUT2D eigenvalue weighted by Crippen LogP contribution is -2.53. The number of carbonyl (C=O) groups is 2. The van der Waals surface area contributed by atoms with Crippen LogP contribution in [0.15, 0.2) is 83.8 Å². The van der Waals surface area contributed by atoms with Crippen molar-refractivity contribution in [2.75, 3.05) is 23.9 Å². The number of aryl methyl sites for hydroxylation is 2. The van der Waals surface area contributed by atoms with Crippen LogP contribution < -0.4 is 9.62 Å². The van der Waals surface area contributed by atoms with E-state index in [1.54, 1.807) is 30.3 Å². The van der Waals surface area contributed by atoms with Crippen molar-refractivity contribution >= 4 is 27.5 Å². The molecule has 0 unspecified atom stereocenters. The van der Waals surface area contributed by atoms with Crippen molar-refractivity contribution in [1.82, 2.24) is 10.2 Å². The SMILES string of the molecule is CC[C@H](C(=O)NCC(C)C)N(CCc1ccccc1)C(=O)CN(c1ccc(C)c(C)c1)S(=O)(=O)c1ccccc1. The first-order valence-electron chi connectivity index (χ1n) is 13.8. The summed E-state index contributed by atoms with van der Waals surface area (Å²) in [5.41, 5.74) is 3.37. The molecular weight excluding hydrogens is 522 g/mol. The Morgan fingerprint density at radius 3 is 2.08 bits per heavy atom. The van der Waals surface area contributed by atoms with Gasteiger partial charge >= 0.3 is 0 Å². The average molecular weight is 564 g/mol. The maximum Gasteiger partial charge on any atom is 0.264 e. The molecule has 0 saturated heterocycles. The van der Waals surface area contributed by atoms with Gasteiger partial charge in [0.1, 0.15) is 12.6 Å². The molecule has 8 heteroatoms. The van der Waals surface area contributed by atoms with E-state index in [1.165, 1.54) is 17.0 Å². The standard InChI is InChI=1S/C32H41N3O4S/c1-6-30(32(37)33-22-24(2)3)34(20-19-27-13-9-7-10-14-27)31(36)23-35(28-18-17-25(4)26(5)21-28)40(38,39)29-15-11-8-12-16-29/h7-18,21,24,30H,6,19-20,22-23H2,1-5H3,(H,33,37)/t30-/m1/s1. The summed E-state index contributed by atoms with van der Waals surface area (Å²) in [5.74, 6) is -0.410. The molecule has 214 valence electrons. The fourth-order valence-corrected chi connectivity index (χ4v) is 5.87. The smallest absolute Gasteiger partial charge is 0.264 e. The van der Waals surface area contributed by atoms with E-state index in [0.717, 1.165) is 21.0 Å². The molecular formula is C32H41N3O4S. The lowest BCUT2D eigenvalue weighted by molar-refractivity contribution is -0.139. The predicted molar refractivity (Wildman–Crippen MR) is 161 cm³/mol. The molecule has 0 radical (unpaired) electrons. The third kappa shape index (κ3) is 7.94. The molecule has 3 aromatic carbocycles. The van der Waals surface area contributed by atoms with Gasteiger partial charge in [0.2, 0.25) is 11.8 Å². The number of carbonyl (C=O) groups excluding carboxylic acids is 2. The van der Waals surface area contributed by atoms with Crippen molar-refractivity contribution in [1.29, 1.82) is 0 Å². The van der Waals surface area contributed by atoms with Crippen LogP contribution in [0.1, 0.15) is 43.9 Å². The summed E-state index contributed by atoms with van der Waals surface area (Å²) in [6.07, 6.45) is 0.940. The second-order valence-electron chi connectivity index (χ2n) is 10.5. The molecule has 0 aromatic heterocycles. The molecule has 0 fully saturated rings. The zero-order chi connectivity index (χ0) is 29.3. The van der Waals surface area contributed by atoms with E-state index in [2.05, 4.69) is 5.32 Å². The van der Waals surface area contributed by atoms with Crippen molar-refractivity contribution in [3.05, 3.63) is 95.6 Å². The monoisotopic (exact) mass is 563 g/mol. The highest BCUT2D eigenvalue weighted by atomic mass is 32.2. The minimum Gasteiger partial charge on any atom is -0.354 e. The van der Waals surface area contributed by atoms with Gasteiger partial charge in [-0.2, -0.15) is 0 Å². The number of hydrogen-bond donors (Lipinski definition) is 1. The molecule has 1 N–H and O–H groups in total. The molecule has 0 aliphatic rings. The lowest BCUT2D eigenvalue weighted by Gasteiger charge is -2.33. The molecule has 3 aromatic rings. The molecule has 7 nitrogen and oxygen atoms in total. The molecule has 40 heavy (non-hydrogen) atoms. The Kier molecular flexibility index (Phi) is 10.9. The minimum absolute atomic E-state index is 0.0959. The Labute approximate surface area is 239 Å². The summed E-state index contributed by atoms with van der Waals surface area (Å²) in [6, 6.07) is 22.5. The van der Waals surface area contributed by atoms with Gasteiger partial charge < -0.3 is 10.2 Å². The van der Waals surface area contributed by atoms with Crippen LogP contribution in [-0.4, -0.2) is 50.8 Å². The van der Waals surface area contributed by atoms with E-state index < -0.39 is 28.5 Å². The summed E-state index contributed by atoms with van der Waals surface area (Å²) >= 11 is 0. The zero-order valence-electron chi connectivity index (χ0n) is 24.1. The number of sulfonamides is 1. The van der Waals surface area contributed by atoms with Crippen LogP contribution >= 0.6 is 0 Å². The maximum absolute atomic E-state index is 14.1. The fraction of sp³-hybridized carbons (Fsp3) is 0.375. The highest BCUT2D eigenvalue weighted by Gasteiger charge is 2.33. The van der Waals surface area contributed by atoms with E-state index in [9.17, 15) is 18.0 Å². The van der Waals surface area contributed by atoms with E-state index in [-0.39, 0.29) is 23.3 Å². The second kappa shape index (κ2) is 14.1. The molecule has 0 aliphatic carbocycles. The van der Waals surface area contributed by atoms with Gasteiger partial charge in [-0.1, -0.05) is 75.4 Å². The number of rotatable bonds is 13. The Bertz CT molecular complexity index is 1380. The van der Waals surface area contributed by atoms with Crippen molar-refractivity contribution < 1.29 is 18.0 Å². The van der Waals surface area contributed by atoms with E-state index in [4.69, 9.17) is 0 Å². The summed E-state index contributed by atoms with van der Waals surface area (Å²) in [7, 11) is -4.07. The first kappa shape index (κ1) is 30.9. The normalized spacial score (nSPS) is 12.2. The molecule has 0 aliphatic heterocycles. The van der Waals surface area contributed by atoms with Gasteiger partial charge in [-0.25, -0.2) is 8.42 Å². The highest BCUT2D eigenvalue weighted by molar-refractivity contribution is 7.92. The van der Waals surface area contributed by atoms with Crippen LogP contribution in [0.3, 0.4) is 0 Å². The summed E-state index contributed by atoms with van der Waals surface area (Å²) in [5, 5.41) is 2.96. The Morgan fingerprint density at radius 2 is 1.50 bits per heavy atom. The first-order valence-corrected chi connectivity index (χ1v) is 15.2.